The van der Waals surface area contributed by atoms with Gasteiger partial charge in [-0.2, -0.15) is 0 Å². The number of hydrogen-bond acceptors (Lipinski definition) is 17. The van der Waals surface area contributed by atoms with Gasteiger partial charge in [0.15, 0.2) is 22.4 Å². The van der Waals surface area contributed by atoms with E-state index in [0.29, 0.717) is 48.0 Å². The summed E-state index contributed by atoms with van der Waals surface area (Å²) in [5.74, 6) is -8.82. The minimum absolute atomic E-state index is 0.00275. The summed E-state index contributed by atoms with van der Waals surface area (Å²) in [5.41, 5.74) is 1.07. The van der Waals surface area contributed by atoms with Gasteiger partial charge in [-0.05, 0) is 130 Å². The van der Waals surface area contributed by atoms with Gasteiger partial charge < -0.3 is 57.5 Å². The van der Waals surface area contributed by atoms with Crippen LogP contribution in [0, 0.1) is 29.6 Å². The van der Waals surface area contributed by atoms with E-state index in [1.54, 1.807) is 14.0 Å². The Balaban J connectivity index is 1.64. The van der Waals surface area contributed by atoms with Crippen molar-refractivity contribution in [3.63, 3.8) is 0 Å². The minimum atomic E-state index is -2.74. The molecule has 0 spiro atoms. The van der Waals surface area contributed by atoms with Gasteiger partial charge in [-0.25, -0.2) is 9.59 Å². The van der Waals surface area contributed by atoms with Gasteiger partial charge in [-0.1, -0.05) is 81.4 Å². The van der Waals surface area contributed by atoms with Gasteiger partial charge in [0.25, 0.3) is 11.7 Å². The molecule has 0 aromatic carbocycles. The number of fused-ring (bicyclic) bond motifs is 3. The van der Waals surface area contributed by atoms with E-state index >= 15 is 9.59 Å². The number of methoxy groups -OCH3 is 3. The van der Waals surface area contributed by atoms with Crippen molar-refractivity contribution in [3.8, 4) is 11.8 Å². The number of Topliss-reactive ketones (excluding diaryl/α,β-unsaturated/α-hetero) is 2. The van der Waals surface area contributed by atoms with E-state index in [0.717, 1.165) is 25.0 Å². The number of hydrogen-bond donors (Lipinski definition) is 3. The number of esters is 1. The molecular weight excluding hydrogens is 1080 g/mol. The lowest BCUT2D eigenvalue weighted by Crippen LogP contribution is -2.64. The number of aromatic hydroxyl groups is 2. The Hall–Kier alpha value is -3.94. The van der Waals surface area contributed by atoms with Crippen LogP contribution >= 0.6 is 0 Å². The zero-order valence-corrected chi connectivity index (χ0v) is 54.0. The van der Waals surface area contributed by atoms with Crippen LogP contribution in [0.1, 0.15) is 147 Å². The van der Waals surface area contributed by atoms with Crippen LogP contribution in [0.5, 0.6) is 11.8 Å². The molecule has 5 rings (SSSR count). The van der Waals surface area contributed by atoms with Crippen molar-refractivity contribution >= 4 is 46.2 Å². The molecule has 2 unspecified atom stereocenters. The van der Waals surface area contributed by atoms with Crippen LogP contribution in [0.15, 0.2) is 35.4 Å². The van der Waals surface area contributed by atoms with Crippen molar-refractivity contribution in [1.29, 1.82) is 0 Å². The van der Waals surface area contributed by atoms with E-state index in [1.807, 2.05) is 33.8 Å². The van der Waals surface area contributed by atoms with Gasteiger partial charge in [0.2, 0.25) is 17.5 Å². The second-order valence-electron chi connectivity index (χ2n) is 26.8. The first kappa shape index (κ1) is 67.9. The van der Waals surface area contributed by atoms with E-state index in [2.05, 4.69) is 73.8 Å². The van der Waals surface area contributed by atoms with Crippen LogP contribution in [0.3, 0.4) is 0 Å². The number of rotatable bonds is 13. The van der Waals surface area contributed by atoms with Crippen LogP contribution in [0.2, 0.25) is 36.3 Å². The average Bonchev–Trinajstić information content (AvgIpc) is 3.91. The molecular formula is C60H100N2O17Si2. The van der Waals surface area contributed by atoms with Gasteiger partial charge in [0, 0.05) is 64.7 Å². The van der Waals surface area contributed by atoms with Crippen LogP contribution in [-0.4, -0.2) is 160 Å². The molecule has 4 aliphatic rings. The zero-order valence-electron chi connectivity index (χ0n) is 52.0. The summed E-state index contributed by atoms with van der Waals surface area (Å²) in [4.78, 5) is 79.2. The fourth-order valence-electron chi connectivity index (χ4n) is 11.5. The molecule has 19 nitrogen and oxygen atoms in total. The summed E-state index contributed by atoms with van der Waals surface area (Å²) in [6, 6.07) is 1.08. The molecule has 4 heterocycles. The lowest BCUT2D eigenvalue weighted by molar-refractivity contribution is -0.302. The molecule has 1 aliphatic carbocycles. The summed E-state index contributed by atoms with van der Waals surface area (Å²) < 4.78 is 51.4. The average molecular weight is 1180 g/mol. The predicted molar refractivity (Wildman–Crippen MR) is 310 cm³/mol. The maximum absolute atomic E-state index is 15.3. The Morgan fingerprint density at radius 1 is 0.778 bits per heavy atom. The largest absolute Gasteiger partial charge is 0.533 e. The van der Waals surface area contributed by atoms with E-state index in [-0.39, 0.29) is 84.7 Å². The number of ether oxygens (including phenoxy) is 6. The molecule has 2 bridgehead atoms. The summed E-state index contributed by atoms with van der Waals surface area (Å²) in [6.45, 7) is 30.8. The van der Waals surface area contributed by atoms with Gasteiger partial charge in [-0.15, -0.1) is 4.73 Å². The van der Waals surface area contributed by atoms with E-state index in [9.17, 15) is 29.7 Å². The summed E-state index contributed by atoms with van der Waals surface area (Å²) >= 11 is 0. The Kier molecular flexibility index (Phi) is 23.3. The highest BCUT2D eigenvalue weighted by Gasteiger charge is 2.57. The fraction of sp³-hybridized carbons (Fsp3) is 0.783. The molecule has 2 saturated heterocycles. The number of carbonyl (C=O) groups is 5. The SMILES string of the molecule is CO[C@H]1C[C@@H](C)CC(C)C=C(CCOC(=O)On2c(O)ccc2O)C(=O)C[C@H](O[Si](C)(C)C(C)(C)C)[C@@H](C)[C@@H](C(C)=C[C@@H]2CC[C@@H](O[Si](C)(C)C(C)(C)C)[C@H](OC)C2)OC(=O)C2CCCCN2C(=O)C(=O)[C@]2(O)O[C@H]1[C@@H](OC)C[C@H]2C. The van der Waals surface area contributed by atoms with Gasteiger partial charge >= 0.3 is 12.1 Å². The topological polar surface area (TPSA) is 237 Å². The number of amides is 1. The van der Waals surface area contributed by atoms with Gasteiger partial charge in [0.05, 0.1) is 37.1 Å². The molecule has 1 saturated carbocycles. The second-order valence-corrected chi connectivity index (χ2v) is 36.3. The molecule has 3 fully saturated rings. The number of carbonyl (C=O) groups excluding carboxylic acids is 5. The van der Waals surface area contributed by atoms with Crippen molar-refractivity contribution in [2.75, 3.05) is 34.5 Å². The summed E-state index contributed by atoms with van der Waals surface area (Å²) in [5, 5.41) is 32.3. The standard InChI is InChI=1S/C60H100N2O17Si2/c1-36-29-37(2)31-48(72-13)53-49(73-14)33-39(4)60(70,76-53)54(66)55(67)61-27-20-19-21-43(61)56(68)75-52(38(3)32-41-22-23-45(47(34-41)71-12)78-80(15,16)58(6,7)8)40(5)46(79-81(17,18)59(9,10)11)35-44(63)42(30-36)26-28-74-57(69)77-62-50(64)24-25-51(62)65/h24-25,30,32,36-37,39-41,43,45-49,52-53,64-65,70H,19-23,26-29,31,33-35H2,1-18H3/t36?,37-,39+,40+,41-,43?,45+,46-,47+,48-,49-,52+,53+,60+/m0/s1. The normalized spacial score (nSPS) is 32.5. The van der Waals surface area contributed by atoms with Crippen LogP contribution in [0.25, 0.3) is 0 Å². The molecule has 14 atom stereocenters. The predicted octanol–water partition coefficient (Wildman–Crippen LogP) is 9.99. The lowest BCUT2D eigenvalue weighted by Gasteiger charge is -2.47. The van der Waals surface area contributed by atoms with Gasteiger partial charge in [-0.3, -0.25) is 19.2 Å². The van der Waals surface area contributed by atoms with Crippen molar-refractivity contribution in [2.24, 2.45) is 29.6 Å². The first-order valence-corrected chi connectivity index (χ1v) is 35.2. The third-order valence-electron chi connectivity index (χ3n) is 18.5. The van der Waals surface area contributed by atoms with Crippen molar-refractivity contribution < 1.29 is 81.4 Å². The van der Waals surface area contributed by atoms with Crippen molar-refractivity contribution in [1.82, 2.24) is 9.63 Å². The number of nitrogens with zero attached hydrogens (tertiary/aromatic N) is 2. The third kappa shape index (κ3) is 16.7. The molecule has 81 heavy (non-hydrogen) atoms. The van der Waals surface area contributed by atoms with Crippen LogP contribution < -0.4 is 4.84 Å². The highest BCUT2D eigenvalue weighted by Crippen LogP contribution is 2.44. The highest BCUT2D eigenvalue weighted by atomic mass is 28.4. The molecule has 1 aromatic rings. The maximum atomic E-state index is 15.3. The second kappa shape index (κ2) is 27.8. The molecule has 21 heteroatoms. The first-order valence-electron chi connectivity index (χ1n) is 29.4. The Labute approximate surface area is 484 Å². The molecule has 460 valence electrons. The zero-order chi connectivity index (χ0) is 60.7. The number of ketones is 2. The monoisotopic (exact) mass is 1180 g/mol. The van der Waals surface area contributed by atoms with E-state index in [4.69, 9.17) is 42.1 Å². The maximum Gasteiger partial charge on any atom is 0.533 e. The summed E-state index contributed by atoms with van der Waals surface area (Å²) in [7, 11) is -0.162. The lowest BCUT2D eigenvalue weighted by atomic mass is 9.81. The Morgan fingerprint density at radius 3 is 1.94 bits per heavy atom. The third-order valence-corrected chi connectivity index (χ3v) is 27.5. The number of aliphatic hydroxyl groups is 1. The fourth-order valence-corrected chi connectivity index (χ4v) is 14.3. The van der Waals surface area contributed by atoms with Crippen molar-refractivity contribution in [2.45, 2.75) is 238 Å². The van der Waals surface area contributed by atoms with E-state index < -0.39 is 106 Å². The van der Waals surface area contributed by atoms with E-state index in [1.165, 1.54) is 19.1 Å². The molecule has 3 N–H and O–H groups in total. The Bertz CT molecular complexity index is 2370. The Morgan fingerprint density at radius 2 is 1.36 bits per heavy atom. The highest BCUT2D eigenvalue weighted by molar-refractivity contribution is 6.74. The minimum Gasteiger partial charge on any atom is -0.492 e. The molecule has 1 amide bonds. The summed E-state index contributed by atoms with van der Waals surface area (Å²) in [6.07, 6.45) is 2.59. The first-order chi connectivity index (χ1) is 37.6. The quantitative estimate of drug-likeness (QED) is 0.0721. The molecule has 1 aromatic heterocycles. The van der Waals surface area contributed by atoms with Crippen molar-refractivity contribution in [3.05, 3.63) is 35.4 Å². The molecule has 3 aliphatic heterocycles. The number of piperidine rings is 1. The van der Waals surface area contributed by atoms with Crippen LogP contribution in [0.4, 0.5) is 4.79 Å². The number of cyclic esters (lactones) is 1. The van der Waals surface area contributed by atoms with Crippen LogP contribution in [-0.2, 0) is 56.5 Å². The smallest absolute Gasteiger partial charge is 0.492 e. The number of aromatic nitrogens is 1. The number of allylic oxidation sites excluding steroid dienone is 2. The van der Waals surface area contributed by atoms with Gasteiger partial charge in [0.1, 0.15) is 18.2 Å². The molecule has 0 radical (unpaired) electrons.